The minimum absolute atomic E-state index is 0.0677. The average molecular weight is 546 g/mol. The van der Waals surface area contributed by atoms with Gasteiger partial charge in [0.2, 0.25) is 0 Å². The van der Waals surface area contributed by atoms with E-state index in [9.17, 15) is 9.59 Å². The lowest BCUT2D eigenvalue weighted by molar-refractivity contribution is -0.122. The van der Waals surface area contributed by atoms with E-state index in [0.29, 0.717) is 51.4 Å². The number of carbonyl (C=O) groups is 2. The topological polar surface area (TPSA) is 80.2 Å². The highest BCUT2D eigenvalue weighted by Crippen LogP contribution is 2.39. The van der Waals surface area contributed by atoms with Crippen LogP contribution in [0.3, 0.4) is 0 Å². The number of aliphatic imine (C=N–C) groups is 1. The second kappa shape index (κ2) is 12.1. The number of carbonyl (C=O) groups excluding carboxylic acids is 2. The monoisotopic (exact) mass is 545 g/mol. The number of nitrogens with one attached hydrogen (secondary N) is 1. The number of anilines is 1. The number of aryl methyl sites for hydroxylation is 1. The maximum Gasteiger partial charge on any atom is 0.266 e. The SMILES string of the molecule is CCN=C1S/C(=C\c2cc(Br)c(OCC(=O)Nc3ccc(C)cc3)c(OCC)c2)C(=O)N1CC. The molecular weight excluding hydrogens is 518 g/mol. The highest BCUT2D eigenvalue weighted by molar-refractivity contribution is 9.10. The van der Waals surface area contributed by atoms with Gasteiger partial charge in [-0.25, -0.2) is 0 Å². The molecule has 0 radical (unpaired) electrons. The second-order valence-corrected chi connectivity index (χ2v) is 9.25. The van der Waals surface area contributed by atoms with Crippen molar-refractivity contribution in [2.45, 2.75) is 27.7 Å². The number of amidine groups is 1. The van der Waals surface area contributed by atoms with Gasteiger partial charge in [-0.05, 0) is 91.3 Å². The van der Waals surface area contributed by atoms with Gasteiger partial charge in [0.15, 0.2) is 23.3 Å². The van der Waals surface area contributed by atoms with Gasteiger partial charge in [0.1, 0.15) is 0 Å². The molecular formula is C25H28BrN3O4S. The number of ether oxygens (including phenoxy) is 2. The summed E-state index contributed by atoms with van der Waals surface area (Å²) in [5.41, 5.74) is 2.59. The van der Waals surface area contributed by atoms with Crippen molar-refractivity contribution in [2.75, 3.05) is 31.6 Å². The summed E-state index contributed by atoms with van der Waals surface area (Å²) in [6.07, 6.45) is 1.81. The molecule has 1 saturated heterocycles. The second-order valence-electron chi connectivity index (χ2n) is 7.38. The molecule has 0 aliphatic carbocycles. The first-order valence-electron chi connectivity index (χ1n) is 11.1. The molecule has 2 aromatic rings. The van der Waals surface area contributed by atoms with Gasteiger partial charge in [0.05, 0.1) is 16.0 Å². The van der Waals surface area contributed by atoms with Crippen molar-refractivity contribution in [3.05, 3.63) is 56.9 Å². The fourth-order valence-electron chi connectivity index (χ4n) is 3.24. The van der Waals surface area contributed by atoms with Crippen LogP contribution in [-0.4, -0.2) is 48.2 Å². The van der Waals surface area contributed by atoms with Gasteiger partial charge in [-0.15, -0.1) is 0 Å². The van der Waals surface area contributed by atoms with Crippen molar-refractivity contribution in [3.63, 3.8) is 0 Å². The molecule has 0 atom stereocenters. The number of benzene rings is 2. The third-order valence-electron chi connectivity index (χ3n) is 4.81. The molecule has 7 nitrogen and oxygen atoms in total. The molecule has 3 rings (SSSR count). The lowest BCUT2D eigenvalue weighted by atomic mass is 10.2. The quantitative estimate of drug-likeness (QED) is 0.421. The first-order valence-corrected chi connectivity index (χ1v) is 12.7. The van der Waals surface area contributed by atoms with E-state index in [4.69, 9.17) is 9.47 Å². The summed E-state index contributed by atoms with van der Waals surface area (Å²) in [5, 5.41) is 3.53. The van der Waals surface area contributed by atoms with Crippen LogP contribution in [0.4, 0.5) is 5.69 Å². The highest BCUT2D eigenvalue weighted by atomic mass is 79.9. The van der Waals surface area contributed by atoms with Crippen molar-refractivity contribution in [1.82, 2.24) is 4.90 Å². The summed E-state index contributed by atoms with van der Waals surface area (Å²) in [5.74, 6) is 0.565. The molecule has 9 heteroatoms. The van der Waals surface area contributed by atoms with Crippen LogP contribution >= 0.6 is 27.7 Å². The van der Waals surface area contributed by atoms with Crippen LogP contribution in [0.15, 0.2) is 50.8 Å². The number of halogens is 1. The first kappa shape index (κ1) is 25.8. The minimum Gasteiger partial charge on any atom is -0.490 e. The molecule has 1 aliphatic rings. The van der Waals surface area contributed by atoms with Gasteiger partial charge in [0, 0.05) is 18.8 Å². The van der Waals surface area contributed by atoms with E-state index in [-0.39, 0.29) is 18.4 Å². The van der Waals surface area contributed by atoms with Crippen LogP contribution in [0.1, 0.15) is 31.9 Å². The van der Waals surface area contributed by atoms with Crippen molar-refractivity contribution >= 4 is 56.4 Å². The van der Waals surface area contributed by atoms with Crippen molar-refractivity contribution in [2.24, 2.45) is 4.99 Å². The third-order valence-corrected chi connectivity index (χ3v) is 6.44. The fraction of sp³-hybridized carbons (Fsp3) is 0.320. The molecule has 2 amide bonds. The lowest BCUT2D eigenvalue weighted by Crippen LogP contribution is -2.28. The van der Waals surface area contributed by atoms with Gasteiger partial charge >= 0.3 is 0 Å². The van der Waals surface area contributed by atoms with Crippen molar-refractivity contribution in [1.29, 1.82) is 0 Å². The molecule has 0 saturated carbocycles. The van der Waals surface area contributed by atoms with Crippen LogP contribution in [-0.2, 0) is 9.59 Å². The third kappa shape index (κ3) is 6.42. The summed E-state index contributed by atoms with van der Waals surface area (Å²) >= 11 is 4.89. The summed E-state index contributed by atoms with van der Waals surface area (Å²) in [6, 6.07) is 11.2. The van der Waals surface area contributed by atoms with Gasteiger partial charge in [-0.2, -0.15) is 0 Å². The van der Waals surface area contributed by atoms with Crippen molar-refractivity contribution < 1.29 is 19.1 Å². The lowest BCUT2D eigenvalue weighted by Gasteiger charge is -2.15. The number of rotatable bonds is 9. The predicted octanol–water partition coefficient (Wildman–Crippen LogP) is 5.49. The normalized spacial score (nSPS) is 15.8. The van der Waals surface area contributed by atoms with Gasteiger partial charge in [0.25, 0.3) is 11.8 Å². The molecule has 0 unspecified atom stereocenters. The standard InChI is InChI=1S/C25H28BrN3O4S/c1-5-27-25-29(6-2)24(31)21(34-25)14-17-12-19(26)23(20(13-17)32-7-3)33-15-22(30)28-18-10-8-16(4)9-11-18/h8-14H,5-7,15H2,1-4H3,(H,28,30)/b21-14-,27-25?. The first-order chi connectivity index (χ1) is 16.4. The van der Waals surface area contributed by atoms with E-state index in [1.807, 2.05) is 64.1 Å². The Hall–Kier alpha value is -2.78. The van der Waals surface area contributed by atoms with E-state index in [1.165, 1.54) is 11.8 Å². The van der Waals surface area contributed by atoms with Gasteiger partial charge in [-0.3, -0.25) is 19.5 Å². The molecule has 1 fully saturated rings. The van der Waals surface area contributed by atoms with Crippen LogP contribution in [0.5, 0.6) is 11.5 Å². The Labute approximate surface area is 212 Å². The van der Waals surface area contributed by atoms with Crippen LogP contribution in [0, 0.1) is 6.92 Å². The Bertz CT molecular complexity index is 1120. The van der Waals surface area contributed by atoms with Crippen LogP contribution < -0.4 is 14.8 Å². The highest BCUT2D eigenvalue weighted by Gasteiger charge is 2.32. The Kier molecular flexibility index (Phi) is 9.18. The zero-order valence-corrected chi connectivity index (χ0v) is 22.1. The molecule has 0 aromatic heterocycles. The largest absolute Gasteiger partial charge is 0.490 e. The predicted molar refractivity (Wildman–Crippen MR) is 142 cm³/mol. The Morgan fingerprint density at radius 1 is 1.18 bits per heavy atom. The number of likely N-dealkylation sites (N-methyl/N-ethyl adjacent to an activating group) is 1. The van der Waals surface area contributed by atoms with E-state index in [0.717, 1.165) is 11.1 Å². The summed E-state index contributed by atoms with van der Waals surface area (Å²) in [4.78, 5) is 31.8. The van der Waals surface area contributed by atoms with E-state index in [1.54, 1.807) is 11.0 Å². The Morgan fingerprint density at radius 2 is 1.91 bits per heavy atom. The molecule has 0 spiro atoms. The Morgan fingerprint density at radius 3 is 2.56 bits per heavy atom. The average Bonchev–Trinajstić information content (AvgIpc) is 3.09. The van der Waals surface area contributed by atoms with Gasteiger partial charge in [-0.1, -0.05) is 17.7 Å². The summed E-state index contributed by atoms with van der Waals surface area (Å²) in [6.45, 7) is 9.15. The maximum absolute atomic E-state index is 12.8. The number of hydrogen-bond acceptors (Lipinski definition) is 6. The Balaban J connectivity index is 1.78. The van der Waals surface area contributed by atoms with Crippen LogP contribution in [0.2, 0.25) is 0 Å². The zero-order chi connectivity index (χ0) is 24.7. The van der Waals surface area contributed by atoms with Crippen LogP contribution in [0.25, 0.3) is 6.08 Å². The van der Waals surface area contributed by atoms with E-state index < -0.39 is 0 Å². The molecule has 34 heavy (non-hydrogen) atoms. The molecule has 1 aliphatic heterocycles. The number of hydrogen-bond donors (Lipinski definition) is 1. The molecule has 180 valence electrons. The summed E-state index contributed by atoms with van der Waals surface area (Å²) in [7, 11) is 0. The number of thioether (sulfide) groups is 1. The van der Waals surface area contributed by atoms with Gasteiger partial charge < -0.3 is 14.8 Å². The molecule has 1 heterocycles. The smallest absolute Gasteiger partial charge is 0.266 e. The number of amides is 2. The molecule has 0 bridgehead atoms. The van der Waals surface area contributed by atoms with Crippen molar-refractivity contribution in [3.8, 4) is 11.5 Å². The summed E-state index contributed by atoms with van der Waals surface area (Å²) < 4.78 is 12.2. The zero-order valence-electron chi connectivity index (χ0n) is 19.7. The minimum atomic E-state index is -0.278. The maximum atomic E-state index is 12.8. The molecule has 1 N–H and O–H groups in total. The molecule has 2 aromatic carbocycles. The number of nitrogens with zero attached hydrogens (tertiary/aromatic N) is 2. The van der Waals surface area contributed by atoms with E-state index >= 15 is 0 Å². The fourth-order valence-corrected chi connectivity index (χ4v) is 4.92. The van der Waals surface area contributed by atoms with E-state index in [2.05, 4.69) is 26.2 Å².